The molecular formula is C22H24N4O6. The first-order chi connectivity index (χ1) is 15.5. The summed E-state index contributed by atoms with van der Waals surface area (Å²) >= 11 is 0. The van der Waals surface area contributed by atoms with Gasteiger partial charge in [0, 0.05) is 11.8 Å². The fourth-order valence-electron chi connectivity index (χ4n) is 2.74. The number of aliphatic hydroxyl groups excluding tert-OH is 1. The number of amides is 1. The van der Waals surface area contributed by atoms with E-state index >= 15 is 0 Å². The van der Waals surface area contributed by atoms with Crippen LogP contribution in [0.4, 0.5) is 0 Å². The molecule has 0 saturated carbocycles. The van der Waals surface area contributed by atoms with E-state index < -0.39 is 18.4 Å². The number of nitrogens with zero attached hydrogens (tertiary/aromatic N) is 1. The van der Waals surface area contributed by atoms with Gasteiger partial charge in [-0.2, -0.15) is 0 Å². The van der Waals surface area contributed by atoms with Crippen LogP contribution < -0.4 is 21.0 Å². The standard InChI is InChI=1S/C22H24N4O6/c27-11-10-26-14-18(24-25-26)13-23-22(30)17-6-8-19(9-7-17)32-21(29)12-20(28)31-15-16-4-2-1-3-5-16/h1-9,14,24-25,27H,10-13,15H2,(H,23,30). The summed E-state index contributed by atoms with van der Waals surface area (Å²) in [4.78, 5) is 36.0. The zero-order chi connectivity index (χ0) is 22.8. The van der Waals surface area contributed by atoms with E-state index in [1.54, 1.807) is 11.2 Å². The van der Waals surface area contributed by atoms with Crippen LogP contribution in [-0.2, 0) is 20.9 Å². The number of carbonyl (C=O) groups is 3. The minimum absolute atomic E-state index is 0.00336. The van der Waals surface area contributed by atoms with Crippen molar-refractivity contribution in [2.24, 2.45) is 0 Å². The molecule has 0 spiro atoms. The van der Waals surface area contributed by atoms with E-state index in [0.717, 1.165) is 11.3 Å². The number of rotatable bonds is 10. The number of β-amino-alcohol motifs (C(OH)–C–C–N with tert-alkyl or cyclic N) is 1. The average Bonchev–Trinajstić information content (AvgIpc) is 3.25. The molecule has 0 aliphatic carbocycles. The first-order valence-electron chi connectivity index (χ1n) is 9.92. The van der Waals surface area contributed by atoms with Crippen LogP contribution in [0.5, 0.6) is 5.75 Å². The van der Waals surface area contributed by atoms with Crippen molar-refractivity contribution >= 4 is 17.8 Å². The van der Waals surface area contributed by atoms with Crippen molar-refractivity contribution in [3.63, 3.8) is 0 Å². The molecule has 0 aromatic heterocycles. The van der Waals surface area contributed by atoms with Crippen LogP contribution in [-0.4, -0.2) is 47.7 Å². The Morgan fingerprint density at radius 3 is 2.47 bits per heavy atom. The van der Waals surface area contributed by atoms with Crippen LogP contribution in [0.15, 0.2) is 66.5 Å². The van der Waals surface area contributed by atoms with Crippen LogP contribution in [0.3, 0.4) is 0 Å². The van der Waals surface area contributed by atoms with Crippen molar-refractivity contribution in [3.8, 4) is 5.75 Å². The summed E-state index contributed by atoms with van der Waals surface area (Å²) in [5.41, 5.74) is 7.64. The summed E-state index contributed by atoms with van der Waals surface area (Å²) < 4.78 is 10.2. The highest BCUT2D eigenvalue weighted by Crippen LogP contribution is 2.13. The molecular weight excluding hydrogens is 416 g/mol. The number of carbonyl (C=O) groups excluding carboxylic acids is 3. The van der Waals surface area contributed by atoms with Gasteiger partial charge in [-0.3, -0.25) is 19.4 Å². The number of ether oxygens (including phenoxy) is 2. The van der Waals surface area contributed by atoms with Gasteiger partial charge in [0.1, 0.15) is 18.8 Å². The molecule has 2 aromatic carbocycles. The minimum atomic E-state index is -0.751. The Morgan fingerprint density at radius 2 is 1.75 bits per heavy atom. The molecule has 1 aliphatic heterocycles. The molecule has 0 atom stereocenters. The maximum Gasteiger partial charge on any atom is 0.322 e. The van der Waals surface area contributed by atoms with Gasteiger partial charge >= 0.3 is 11.9 Å². The molecule has 0 radical (unpaired) electrons. The second-order valence-corrected chi connectivity index (χ2v) is 6.81. The molecule has 0 saturated heterocycles. The summed E-state index contributed by atoms with van der Waals surface area (Å²) in [6, 6.07) is 15.1. The first-order valence-corrected chi connectivity index (χ1v) is 9.92. The van der Waals surface area contributed by atoms with Crippen molar-refractivity contribution in [2.45, 2.75) is 13.0 Å². The predicted molar refractivity (Wildman–Crippen MR) is 113 cm³/mol. The lowest BCUT2D eigenvalue weighted by molar-refractivity contribution is -0.151. The quantitative estimate of drug-likeness (QED) is 0.239. The van der Waals surface area contributed by atoms with Gasteiger partial charge in [-0.1, -0.05) is 30.3 Å². The molecule has 168 valence electrons. The third kappa shape index (κ3) is 7.11. The van der Waals surface area contributed by atoms with Crippen LogP contribution in [0.25, 0.3) is 0 Å². The number of benzene rings is 2. The van der Waals surface area contributed by atoms with Crippen molar-refractivity contribution in [1.29, 1.82) is 0 Å². The van der Waals surface area contributed by atoms with E-state index in [4.69, 9.17) is 14.6 Å². The van der Waals surface area contributed by atoms with E-state index in [9.17, 15) is 14.4 Å². The normalized spacial score (nSPS) is 12.5. The molecule has 0 unspecified atom stereocenters. The highest BCUT2D eigenvalue weighted by molar-refractivity contribution is 5.95. The van der Waals surface area contributed by atoms with Gasteiger partial charge in [-0.25, -0.2) is 0 Å². The Hall–Kier alpha value is -3.89. The Balaban J connectivity index is 1.40. The van der Waals surface area contributed by atoms with Crippen LogP contribution in [0.1, 0.15) is 22.3 Å². The van der Waals surface area contributed by atoms with Gasteiger partial charge in [0.2, 0.25) is 0 Å². The average molecular weight is 440 g/mol. The minimum Gasteiger partial charge on any atom is -0.460 e. The van der Waals surface area contributed by atoms with E-state index in [-0.39, 0.29) is 31.4 Å². The Bertz CT molecular complexity index is 962. The maximum atomic E-state index is 12.3. The summed E-state index contributed by atoms with van der Waals surface area (Å²) in [7, 11) is 0. The van der Waals surface area contributed by atoms with E-state index in [1.807, 2.05) is 30.3 Å². The molecule has 10 nitrogen and oxygen atoms in total. The molecule has 0 fully saturated rings. The second kappa shape index (κ2) is 11.5. The summed E-state index contributed by atoms with van der Waals surface area (Å²) in [5.74, 6) is -1.53. The van der Waals surface area contributed by atoms with E-state index in [1.165, 1.54) is 24.3 Å². The Kier molecular flexibility index (Phi) is 8.18. The van der Waals surface area contributed by atoms with Crippen LogP contribution in [0.2, 0.25) is 0 Å². The smallest absolute Gasteiger partial charge is 0.322 e. The third-order valence-corrected chi connectivity index (χ3v) is 4.33. The monoisotopic (exact) mass is 440 g/mol. The SMILES string of the molecule is O=C(CC(=O)Oc1ccc(C(=O)NCC2=CN(CCO)NN2)cc1)OCc1ccccc1. The third-order valence-electron chi connectivity index (χ3n) is 4.33. The lowest BCUT2D eigenvalue weighted by atomic mass is 10.2. The molecule has 10 heteroatoms. The number of nitrogens with one attached hydrogen (secondary N) is 3. The molecule has 0 bridgehead atoms. The molecule has 1 amide bonds. The highest BCUT2D eigenvalue weighted by Gasteiger charge is 2.15. The van der Waals surface area contributed by atoms with E-state index in [0.29, 0.717) is 12.1 Å². The molecule has 4 N–H and O–H groups in total. The van der Waals surface area contributed by atoms with Gasteiger partial charge in [0.15, 0.2) is 0 Å². The first kappa shape index (κ1) is 22.8. The summed E-state index contributed by atoms with van der Waals surface area (Å²) in [5, 5.41) is 13.3. The van der Waals surface area contributed by atoms with Gasteiger partial charge in [0.05, 0.1) is 25.4 Å². The topological polar surface area (TPSA) is 129 Å². The lowest BCUT2D eigenvalue weighted by Crippen LogP contribution is -2.39. The highest BCUT2D eigenvalue weighted by atomic mass is 16.6. The zero-order valence-corrected chi connectivity index (χ0v) is 17.2. The van der Waals surface area contributed by atoms with Gasteiger partial charge < -0.3 is 25.3 Å². The number of hydrogen-bond donors (Lipinski definition) is 4. The Labute approximate surface area is 184 Å². The molecule has 1 aliphatic rings. The van der Waals surface area contributed by atoms with Crippen molar-refractivity contribution in [1.82, 2.24) is 21.3 Å². The van der Waals surface area contributed by atoms with Crippen molar-refractivity contribution in [2.75, 3.05) is 19.7 Å². The maximum absolute atomic E-state index is 12.3. The number of esters is 2. The molecule has 2 aromatic rings. The van der Waals surface area contributed by atoms with Crippen LogP contribution in [0, 0.1) is 0 Å². The largest absolute Gasteiger partial charge is 0.460 e. The van der Waals surface area contributed by atoms with Gasteiger partial charge in [-0.05, 0) is 29.8 Å². The molecule has 32 heavy (non-hydrogen) atoms. The van der Waals surface area contributed by atoms with Crippen molar-refractivity contribution < 1.29 is 29.0 Å². The Morgan fingerprint density at radius 1 is 1.00 bits per heavy atom. The fraction of sp³-hybridized carbons (Fsp3) is 0.227. The molecule has 3 rings (SSSR count). The zero-order valence-electron chi connectivity index (χ0n) is 17.2. The number of aliphatic hydroxyl groups is 1. The van der Waals surface area contributed by atoms with E-state index in [2.05, 4.69) is 16.3 Å². The van der Waals surface area contributed by atoms with Crippen molar-refractivity contribution in [3.05, 3.63) is 77.6 Å². The fourth-order valence-corrected chi connectivity index (χ4v) is 2.74. The summed E-state index contributed by atoms with van der Waals surface area (Å²) in [6.07, 6.45) is 1.22. The predicted octanol–water partition coefficient (Wildman–Crippen LogP) is 0.614. The summed E-state index contributed by atoms with van der Waals surface area (Å²) in [6.45, 7) is 0.750. The number of hydrogen-bond acceptors (Lipinski definition) is 9. The van der Waals surface area contributed by atoms with Gasteiger partial charge in [0.25, 0.3) is 5.91 Å². The van der Waals surface area contributed by atoms with Gasteiger partial charge in [-0.15, -0.1) is 5.53 Å². The number of hydrazine groups is 2. The second-order valence-electron chi connectivity index (χ2n) is 6.81. The molecule has 1 heterocycles. The van der Waals surface area contributed by atoms with Crippen LogP contribution >= 0.6 is 0 Å². The lowest BCUT2D eigenvalue weighted by Gasteiger charge is -2.12.